The van der Waals surface area contributed by atoms with E-state index in [4.69, 9.17) is 17.3 Å². The Kier molecular flexibility index (Phi) is 3.02. The van der Waals surface area contributed by atoms with Crippen LogP contribution in [0.5, 0.6) is 0 Å². The summed E-state index contributed by atoms with van der Waals surface area (Å²) >= 11 is 6.17. The average molecular weight is 266 g/mol. The molecule has 2 aromatic rings. The Balaban J connectivity index is 2.68. The molecule has 0 aromatic carbocycles. The number of hydrogen-bond donors (Lipinski definition) is 1. The standard InChI is InChI=1S/C12H16ClN5/c1-12(2,3)10-7(5-18(4)17-10)9-8(13)11(14)16-6-15-9/h5-6H,1-4H3,(H2,14,15,16). The molecule has 96 valence electrons. The summed E-state index contributed by atoms with van der Waals surface area (Å²) in [6, 6.07) is 0. The summed E-state index contributed by atoms with van der Waals surface area (Å²) < 4.78 is 1.75. The van der Waals surface area contributed by atoms with E-state index in [9.17, 15) is 0 Å². The highest BCUT2D eigenvalue weighted by Crippen LogP contribution is 2.35. The number of halogens is 1. The number of aromatic nitrogens is 4. The molecular weight excluding hydrogens is 250 g/mol. The highest BCUT2D eigenvalue weighted by Gasteiger charge is 2.25. The quantitative estimate of drug-likeness (QED) is 0.860. The fraction of sp³-hybridized carbons (Fsp3) is 0.417. The maximum atomic E-state index is 6.17. The molecular formula is C12H16ClN5. The average Bonchev–Trinajstić information content (AvgIpc) is 2.64. The van der Waals surface area contributed by atoms with E-state index in [1.807, 2.05) is 13.2 Å². The number of aryl methyl sites for hydroxylation is 1. The van der Waals surface area contributed by atoms with Crippen LogP contribution in [0.4, 0.5) is 5.82 Å². The van der Waals surface area contributed by atoms with Crippen LogP contribution in [0, 0.1) is 0 Å². The summed E-state index contributed by atoms with van der Waals surface area (Å²) in [5.74, 6) is 0.283. The van der Waals surface area contributed by atoms with Gasteiger partial charge in [0.15, 0.2) is 0 Å². The van der Waals surface area contributed by atoms with E-state index >= 15 is 0 Å². The molecule has 2 heterocycles. The molecule has 0 bridgehead atoms. The van der Waals surface area contributed by atoms with E-state index in [-0.39, 0.29) is 11.2 Å². The Morgan fingerprint density at radius 1 is 1.28 bits per heavy atom. The normalized spacial score (nSPS) is 11.8. The van der Waals surface area contributed by atoms with E-state index in [1.165, 1.54) is 6.33 Å². The van der Waals surface area contributed by atoms with Crippen molar-refractivity contribution in [2.45, 2.75) is 26.2 Å². The molecule has 5 nitrogen and oxygen atoms in total. The van der Waals surface area contributed by atoms with Crippen LogP contribution in [0.25, 0.3) is 11.3 Å². The van der Waals surface area contributed by atoms with E-state index < -0.39 is 0 Å². The van der Waals surface area contributed by atoms with Crippen molar-refractivity contribution in [3.8, 4) is 11.3 Å². The maximum absolute atomic E-state index is 6.17. The molecule has 2 aromatic heterocycles. The lowest BCUT2D eigenvalue weighted by molar-refractivity contribution is 0.554. The number of nitrogens with two attached hydrogens (primary N) is 1. The zero-order chi connectivity index (χ0) is 13.5. The molecule has 0 saturated carbocycles. The lowest BCUT2D eigenvalue weighted by atomic mass is 9.89. The first-order chi connectivity index (χ1) is 8.30. The van der Waals surface area contributed by atoms with Crippen molar-refractivity contribution in [2.24, 2.45) is 7.05 Å². The molecule has 0 unspecified atom stereocenters. The molecule has 0 amide bonds. The molecule has 0 saturated heterocycles. The number of hydrogen-bond acceptors (Lipinski definition) is 4. The summed E-state index contributed by atoms with van der Waals surface area (Å²) in [4.78, 5) is 8.09. The number of anilines is 1. The first kappa shape index (κ1) is 12.8. The van der Waals surface area contributed by atoms with Gasteiger partial charge in [0.1, 0.15) is 17.2 Å². The molecule has 0 radical (unpaired) electrons. The van der Waals surface area contributed by atoms with Gasteiger partial charge < -0.3 is 5.73 Å². The molecule has 0 spiro atoms. The maximum Gasteiger partial charge on any atom is 0.146 e. The van der Waals surface area contributed by atoms with Crippen molar-refractivity contribution in [1.82, 2.24) is 19.7 Å². The smallest absolute Gasteiger partial charge is 0.146 e. The van der Waals surface area contributed by atoms with Gasteiger partial charge in [0.05, 0.1) is 11.4 Å². The monoisotopic (exact) mass is 265 g/mol. The van der Waals surface area contributed by atoms with Crippen molar-refractivity contribution in [3.63, 3.8) is 0 Å². The van der Waals surface area contributed by atoms with Crippen molar-refractivity contribution < 1.29 is 0 Å². The van der Waals surface area contributed by atoms with Crippen molar-refractivity contribution in [3.05, 3.63) is 23.2 Å². The van der Waals surface area contributed by atoms with Crippen LogP contribution in [-0.4, -0.2) is 19.7 Å². The lowest BCUT2D eigenvalue weighted by Crippen LogP contribution is -2.14. The van der Waals surface area contributed by atoms with Crippen LogP contribution in [0.3, 0.4) is 0 Å². The predicted molar refractivity (Wildman–Crippen MR) is 72.4 cm³/mol. The fourth-order valence-electron chi connectivity index (χ4n) is 1.79. The molecule has 6 heteroatoms. The third-order valence-electron chi connectivity index (χ3n) is 2.61. The van der Waals surface area contributed by atoms with Crippen molar-refractivity contribution in [2.75, 3.05) is 5.73 Å². The first-order valence-electron chi connectivity index (χ1n) is 5.61. The second kappa shape index (κ2) is 4.24. The summed E-state index contributed by atoms with van der Waals surface area (Å²) in [7, 11) is 1.87. The molecule has 0 aliphatic heterocycles. The summed E-state index contributed by atoms with van der Waals surface area (Å²) in [5.41, 5.74) is 8.07. The van der Waals surface area contributed by atoms with Crippen LogP contribution < -0.4 is 5.73 Å². The van der Waals surface area contributed by atoms with Gasteiger partial charge in [-0.15, -0.1) is 0 Å². The predicted octanol–water partition coefficient (Wildman–Crippen LogP) is 2.41. The van der Waals surface area contributed by atoms with E-state index in [0.29, 0.717) is 10.7 Å². The Morgan fingerprint density at radius 3 is 2.56 bits per heavy atom. The number of nitrogen functional groups attached to an aromatic ring is 1. The summed E-state index contributed by atoms with van der Waals surface area (Å²) in [5, 5.41) is 4.86. The zero-order valence-corrected chi connectivity index (χ0v) is 11.7. The Hall–Kier alpha value is -1.62. The Labute approximate surface area is 111 Å². The van der Waals surface area contributed by atoms with Gasteiger partial charge in [-0.1, -0.05) is 32.4 Å². The SMILES string of the molecule is Cn1cc(-c2ncnc(N)c2Cl)c(C(C)(C)C)n1. The second-order valence-electron chi connectivity index (χ2n) is 5.24. The van der Waals surface area contributed by atoms with E-state index in [0.717, 1.165) is 11.3 Å². The third-order valence-corrected chi connectivity index (χ3v) is 2.98. The van der Waals surface area contributed by atoms with Gasteiger partial charge in [0.2, 0.25) is 0 Å². The molecule has 0 aliphatic rings. The van der Waals surface area contributed by atoms with Crippen LogP contribution in [-0.2, 0) is 12.5 Å². The highest BCUT2D eigenvalue weighted by molar-refractivity contribution is 6.35. The largest absolute Gasteiger partial charge is 0.382 e. The topological polar surface area (TPSA) is 69.6 Å². The number of nitrogens with zero attached hydrogens (tertiary/aromatic N) is 4. The van der Waals surface area contributed by atoms with Gasteiger partial charge in [-0.3, -0.25) is 4.68 Å². The molecule has 0 atom stereocenters. The highest BCUT2D eigenvalue weighted by atomic mass is 35.5. The van der Waals surface area contributed by atoms with Gasteiger partial charge in [0.25, 0.3) is 0 Å². The molecule has 2 rings (SSSR count). The van der Waals surface area contributed by atoms with Crippen molar-refractivity contribution >= 4 is 17.4 Å². The van der Waals surface area contributed by atoms with E-state index in [1.54, 1.807) is 4.68 Å². The second-order valence-corrected chi connectivity index (χ2v) is 5.61. The molecule has 0 fully saturated rings. The number of rotatable bonds is 1. The first-order valence-corrected chi connectivity index (χ1v) is 5.99. The lowest BCUT2D eigenvalue weighted by Gasteiger charge is -2.17. The summed E-state index contributed by atoms with van der Waals surface area (Å²) in [6.45, 7) is 6.28. The Bertz CT molecular complexity index is 583. The van der Waals surface area contributed by atoms with Gasteiger partial charge >= 0.3 is 0 Å². The third kappa shape index (κ3) is 2.18. The van der Waals surface area contributed by atoms with Crippen LogP contribution in [0.1, 0.15) is 26.5 Å². The minimum Gasteiger partial charge on any atom is -0.382 e. The molecule has 2 N–H and O–H groups in total. The van der Waals surface area contributed by atoms with Gasteiger partial charge in [-0.25, -0.2) is 9.97 Å². The van der Waals surface area contributed by atoms with Gasteiger partial charge in [-0.05, 0) is 0 Å². The van der Waals surface area contributed by atoms with Crippen molar-refractivity contribution in [1.29, 1.82) is 0 Å². The van der Waals surface area contributed by atoms with Gasteiger partial charge in [-0.2, -0.15) is 5.10 Å². The Morgan fingerprint density at radius 2 is 1.94 bits per heavy atom. The van der Waals surface area contributed by atoms with Crippen LogP contribution in [0.2, 0.25) is 5.02 Å². The molecule has 18 heavy (non-hydrogen) atoms. The molecule has 0 aliphatic carbocycles. The van der Waals surface area contributed by atoms with Crippen LogP contribution in [0.15, 0.2) is 12.5 Å². The van der Waals surface area contributed by atoms with Crippen LogP contribution >= 0.6 is 11.6 Å². The summed E-state index contributed by atoms with van der Waals surface area (Å²) in [6.07, 6.45) is 3.31. The zero-order valence-electron chi connectivity index (χ0n) is 10.9. The fourth-order valence-corrected chi connectivity index (χ4v) is 1.99. The minimum absolute atomic E-state index is 0.0976. The van der Waals surface area contributed by atoms with Gasteiger partial charge in [0, 0.05) is 24.2 Å². The van der Waals surface area contributed by atoms with E-state index in [2.05, 4.69) is 35.8 Å². The minimum atomic E-state index is -0.0976.